The predicted molar refractivity (Wildman–Crippen MR) is 88.8 cm³/mol. The van der Waals surface area contributed by atoms with E-state index in [4.69, 9.17) is 4.74 Å². The van der Waals surface area contributed by atoms with Crippen molar-refractivity contribution in [2.75, 3.05) is 24.7 Å². The SMILES string of the molecule is CCCNC(CSCC(C)C)c1ccc2c(c1)CCO2. The number of thioether (sulfide) groups is 1. The summed E-state index contributed by atoms with van der Waals surface area (Å²) in [4.78, 5) is 0. The molecule has 112 valence electrons. The highest BCUT2D eigenvalue weighted by Crippen LogP contribution is 2.29. The molecule has 0 aliphatic carbocycles. The first-order chi connectivity index (χ1) is 9.70. The van der Waals surface area contributed by atoms with Gasteiger partial charge in [0.05, 0.1) is 6.61 Å². The van der Waals surface area contributed by atoms with E-state index < -0.39 is 0 Å². The smallest absolute Gasteiger partial charge is 0.122 e. The summed E-state index contributed by atoms with van der Waals surface area (Å²) in [6.07, 6.45) is 2.24. The Kier molecular flexibility index (Phi) is 6.24. The first-order valence-electron chi connectivity index (χ1n) is 7.77. The van der Waals surface area contributed by atoms with Crippen LogP contribution in [-0.4, -0.2) is 24.7 Å². The van der Waals surface area contributed by atoms with Crippen molar-refractivity contribution >= 4 is 11.8 Å². The summed E-state index contributed by atoms with van der Waals surface area (Å²) < 4.78 is 5.60. The molecule has 1 aliphatic heterocycles. The Labute approximate surface area is 127 Å². The van der Waals surface area contributed by atoms with Gasteiger partial charge in [0.1, 0.15) is 5.75 Å². The molecule has 0 saturated carbocycles. The van der Waals surface area contributed by atoms with Crippen LogP contribution in [0.4, 0.5) is 0 Å². The molecule has 0 aromatic heterocycles. The summed E-state index contributed by atoms with van der Waals surface area (Å²) in [6.45, 7) is 8.72. The van der Waals surface area contributed by atoms with Gasteiger partial charge in [-0.3, -0.25) is 0 Å². The Hall–Kier alpha value is -0.670. The average molecular weight is 293 g/mol. The van der Waals surface area contributed by atoms with Crippen LogP contribution in [0.5, 0.6) is 5.75 Å². The second kappa shape index (κ2) is 7.94. The van der Waals surface area contributed by atoms with E-state index in [1.807, 2.05) is 0 Å². The minimum atomic E-state index is 0.463. The van der Waals surface area contributed by atoms with Crippen LogP contribution in [0.3, 0.4) is 0 Å². The van der Waals surface area contributed by atoms with Crippen molar-refractivity contribution in [1.82, 2.24) is 5.32 Å². The topological polar surface area (TPSA) is 21.3 Å². The highest BCUT2D eigenvalue weighted by atomic mass is 32.2. The molecule has 0 bridgehead atoms. The maximum atomic E-state index is 5.60. The number of hydrogen-bond acceptors (Lipinski definition) is 3. The molecule has 0 saturated heterocycles. The number of rotatable bonds is 8. The van der Waals surface area contributed by atoms with Crippen molar-refractivity contribution in [2.24, 2.45) is 5.92 Å². The quantitative estimate of drug-likeness (QED) is 0.781. The number of ether oxygens (including phenoxy) is 1. The van der Waals surface area contributed by atoms with Crippen molar-refractivity contribution in [3.63, 3.8) is 0 Å². The van der Waals surface area contributed by atoms with Crippen LogP contribution < -0.4 is 10.1 Å². The molecule has 1 unspecified atom stereocenters. The molecule has 1 atom stereocenters. The van der Waals surface area contributed by atoms with Gasteiger partial charge in [0.25, 0.3) is 0 Å². The maximum absolute atomic E-state index is 5.60. The van der Waals surface area contributed by atoms with E-state index in [-0.39, 0.29) is 0 Å². The van der Waals surface area contributed by atoms with E-state index in [1.165, 1.54) is 23.3 Å². The van der Waals surface area contributed by atoms with E-state index in [0.29, 0.717) is 6.04 Å². The van der Waals surface area contributed by atoms with Gasteiger partial charge in [-0.15, -0.1) is 0 Å². The molecule has 0 amide bonds. The number of hydrogen-bond donors (Lipinski definition) is 1. The first kappa shape index (κ1) is 15.7. The molecule has 2 nitrogen and oxygen atoms in total. The fourth-order valence-corrected chi connectivity index (χ4v) is 3.59. The van der Waals surface area contributed by atoms with E-state index in [0.717, 1.165) is 37.0 Å². The molecular weight excluding hydrogens is 266 g/mol. The lowest BCUT2D eigenvalue weighted by Gasteiger charge is -2.20. The monoisotopic (exact) mass is 293 g/mol. The lowest BCUT2D eigenvalue weighted by Crippen LogP contribution is -2.24. The Morgan fingerprint density at radius 3 is 2.90 bits per heavy atom. The summed E-state index contributed by atoms with van der Waals surface area (Å²) in [7, 11) is 0. The Morgan fingerprint density at radius 1 is 1.30 bits per heavy atom. The molecule has 1 aliphatic rings. The standard InChI is InChI=1S/C17H27NOS/c1-4-8-18-16(12-20-11-13(2)3)14-5-6-17-15(10-14)7-9-19-17/h5-6,10,13,16,18H,4,7-9,11-12H2,1-3H3. The molecule has 20 heavy (non-hydrogen) atoms. The molecule has 1 aromatic carbocycles. The van der Waals surface area contributed by atoms with E-state index in [9.17, 15) is 0 Å². The first-order valence-corrected chi connectivity index (χ1v) is 8.93. The molecule has 0 radical (unpaired) electrons. The lowest BCUT2D eigenvalue weighted by atomic mass is 10.0. The summed E-state index contributed by atoms with van der Waals surface area (Å²) in [5.74, 6) is 4.23. The van der Waals surface area contributed by atoms with E-state index >= 15 is 0 Å². The van der Waals surface area contributed by atoms with Gasteiger partial charge in [0.15, 0.2) is 0 Å². The molecule has 1 heterocycles. The third kappa shape index (κ3) is 4.42. The normalized spacial score (nSPS) is 15.2. The van der Waals surface area contributed by atoms with E-state index in [2.05, 4.69) is 56.0 Å². The van der Waals surface area contributed by atoms with Gasteiger partial charge in [0.2, 0.25) is 0 Å². The molecular formula is C17H27NOS. The van der Waals surface area contributed by atoms with Crippen molar-refractivity contribution in [3.05, 3.63) is 29.3 Å². The third-order valence-electron chi connectivity index (χ3n) is 3.49. The van der Waals surface area contributed by atoms with Crippen molar-refractivity contribution in [2.45, 2.75) is 39.7 Å². The van der Waals surface area contributed by atoms with Crippen LogP contribution in [0.1, 0.15) is 44.4 Å². The largest absolute Gasteiger partial charge is 0.493 e. The molecule has 1 aromatic rings. The Morgan fingerprint density at radius 2 is 2.15 bits per heavy atom. The van der Waals surface area contributed by atoms with Gasteiger partial charge in [-0.2, -0.15) is 11.8 Å². The summed E-state index contributed by atoms with van der Waals surface area (Å²) >= 11 is 2.05. The van der Waals surface area contributed by atoms with Crippen molar-refractivity contribution < 1.29 is 4.74 Å². The van der Waals surface area contributed by atoms with Crippen LogP contribution in [-0.2, 0) is 6.42 Å². The van der Waals surface area contributed by atoms with Gasteiger partial charge >= 0.3 is 0 Å². The van der Waals surface area contributed by atoms with Gasteiger partial charge in [0, 0.05) is 18.2 Å². The zero-order valence-corrected chi connectivity index (χ0v) is 13.8. The minimum Gasteiger partial charge on any atom is -0.493 e. The Balaban J connectivity index is 2.01. The fourth-order valence-electron chi connectivity index (χ4n) is 2.44. The zero-order chi connectivity index (χ0) is 14.4. The number of benzene rings is 1. The Bertz CT molecular complexity index is 419. The van der Waals surface area contributed by atoms with Crippen LogP contribution in [0, 0.1) is 5.92 Å². The number of fused-ring (bicyclic) bond motifs is 1. The second-order valence-corrected chi connectivity index (χ2v) is 6.98. The van der Waals surface area contributed by atoms with Gasteiger partial charge < -0.3 is 10.1 Å². The molecule has 3 heteroatoms. The average Bonchev–Trinajstić information content (AvgIpc) is 2.89. The van der Waals surface area contributed by atoms with Crippen LogP contribution in [0.15, 0.2) is 18.2 Å². The van der Waals surface area contributed by atoms with E-state index in [1.54, 1.807) is 0 Å². The summed E-state index contributed by atoms with van der Waals surface area (Å²) in [6, 6.07) is 7.18. The molecule has 0 spiro atoms. The predicted octanol–water partition coefficient (Wildman–Crippen LogP) is 4.05. The minimum absolute atomic E-state index is 0.463. The molecule has 0 fully saturated rings. The highest BCUT2D eigenvalue weighted by Gasteiger charge is 2.16. The molecule has 1 N–H and O–H groups in total. The van der Waals surface area contributed by atoms with Crippen molar-refractivity contribution in [1.29, 1.82) is 0 Å². The second-order valence-electron chi connectivity index (χ2n) is 5.90. The van der Waals surface area contributed by atoms with Crippen LogP contribution >= 0.6 is 11.8 Å². The highest BCUT2D eigenvalue weighted by molar-refractivity contribution is 7.99. The van der Waals surface area contributed by atoms with Crippen molar-refractivity contribution in [3.8, 4) is 5.75 Å². The van der Waals surface area contributed by atoms with Gasteiger partial charge in [-0.25, -0.2) is 0 Å². The van der Waals surface area contributed by atoms with Crippen LogP contribution in [0.2, 0.25) is 0 Å². The van der Waals surface area contributed by atoms with Crippen LogP contribution in [0.25, 0.3) is 0 Å². The third-order valence-corrected chi connectivity index (χ3v) is 4.96. The molecule has 2 rings (SSSR count). The summed E-state index contributed by atoms with van der Waals surface area (Å²) in [5, 5.41) is 3.69. The fraction of sp³-hybridized carbons (Fsp3) is 0.647. The maximum Gasteiger partial charge on any atom is 0.122 e. The number of nitrogens with one attached hydrogen (secondary N) is 1. The zero-order valence-electron chi connectivity index (χ0n) is 12.9. The summed E-state index contributed by atoms with van der Waals surface area (Å²) in [5.41, 5.74) is 2.79. The lowest BCUT2D eigenvalue weighted by molar-refractivity contribution is 0.356. The van der Waals surface area contributed by atoms with Gasteiger partial charge in [-0.1, -0.05) is 32.9 Å². The van der Waals surface area contributed by atoms with Gasteiger partial charge in [-0.05, 0) is 41.8 Å².